The molecule has 31 heavy (non-hydrogen) atoms. The molecule has 6 heteroatoms. The van der Waals surface area contributed by atoms with Crippen molar-refractivity contribution in [3.63, 3.8) is 0 Å². The summed E-state index contributed by atoms with van der Waals surface area (Å²) in [4.78, 5) is 19.9. The van der Waals surface area contributed by atoms with E-state index in [1.807, 2.05) is 60.4 Å². The van der Waals surface area contributed by atoms with Gasteiger partial charge in [0, 0.05) is 28.8 Å². The minimum atomic E-state index is -0.524. The van der Waals surface area contributed by atoms with Crippen LogP contribution in [0.15, 0.2) is 76.2 Å². The summed E-state index contributed by atoms with van der Waals surface area (Å²) in [5.74, 6) is 1.10. The number of benzene rings is 2. The molecule has 0 saturated carbocycles. The Morgan fingerprint density at radius 2 is 1.97 bits per heavy atom. The number of nitrogens with zero attached hydrogens (tertiary/aromatic N) is 3. The lowest BCUT2D eigenvalue weighted by Crippen LogP contribution is -2.39. The van der Waals surface area contributed by atoms with Gasteiger partial charge in [0.05, 0.1) is 29.9 Å². The van der Waals surface area contributed by atoms with Gasteiger partial charge in [-0.2, -0.15) is 5.26 Å². The fraction of sp³-hybridized carbons (Fsp3) is 0.240. The van der Waals surface area contributed by atoms with E-state index in [9.17, 15) is 10.1 Å². The molecule has 1 atom stereocenters. The number of fused-ring (bicyclic) bond motifs is 4. The number of hydrogen-bond donors (Lipinski definition) is 1. The fourth-order valence-corrected chi connectivity index (χ4v) is 4.79. The third-order valence-electron chi connectivity index (χ3n) is 6.03. The summed E-state index contributed by atoms with van der Waals surface area (Å²) in [5.41, 5.74) is 10.8. The number of nitriles is 1. The Labute approximate surface area is 180 Å². The lowest BCUT2D eigenvalue weighted by atomic mass is 9.75. The summed E-state index contributed by atoms with van der Waals surface area (Å²) in [6.07, 6.45) is 1.98. The minimum absolute atomic E-state index is 0.0735. The molecule has 0 aromatic heterocycles. The Balaban J connectivity index is 1.83. The molecule has 2 aliphatic heterocycles. The van der Waals surface area contributed by atoms with E-state index in [2.05, 4.69) is 11.1 Å². The van der Waals surface area contributed by atoms with Crippen molar-refractivity contribution in [3.8, 4) is 11.8 Å². The lowest BCUT2D eigenvalue weighted by Gasteiger charge is -2.42. The molecular formula is C25H22N4O2. The number of carbonyl (C=O) groups is 1. The monoisotopic (exact) mass is 410 g/mol. The van der Waals surface area contributed by atoms with Gasteiger partial charge in [0.1, 0.15) is 11.6 Å². The van der Waals surface area contributed by atoms with Crippen molar-refractivity contribution in [2.45, 2.75) is 32.1 Å². The third-order valence-corrected chi connectivity index (χ3v) is 6.03. The molecule has 0 saturated heterocycles. The van der Waals surface area contributed by atoms with Gasteiger partial charge in [-0.1, -0.05) is 30.3 Å². The molecular weight excluding hydrogens is 388 g/mol. The van der Waals surface area contributed by atoms with Crippen molar-refractivity contribution in [3.05, 3.63) is 82.3 Å². The Kier molecular flexibility index (Phi) is 4.59. The minimum Gasteiger partial charge on any atom is -0.494 e. The van der Waals surface area contributed by atoms with E-state index in [0.29, 0.717) is 41.6 Å². The van der Waals surface area contributed by atoms with Crippen LogP contribution < -0.4 is 15.4 Å². The van der Waals surface area contributed by atoms with Crippen LogP contribution in [0.3, 0.4) is 0 Å². The van der Waals surface area contributed by atoms with E-state index in [1.165, 1.54) is 0 Å². The average Bonchev–Trinajstić information content (AvgIpc) is 2.79. The fourth-order valence-electron chi connectivity index (χ4n) is 4.79. The van der Waals surface area contributed by atoms with Crippen molar-refractivity contribution in [2.75, 3.05) is 11.5 Å². The standard InChI is InChI=1S/C25H22N4O2/c1-2-31-21-13-6-4-9-16(21)22-17(14-26)25-28-24(27)15-8-3-5-10-18(15)29(25)19-11-7-12-20(30)23(19)22/h3-6,8-10,13,22H,2,7,11-12H2,1H3,(H2,27,28)/t22-/m0/s1. The Morgan fingerprint density at radius 1 is 1.19 bits per heavy atom. The highest BCUT2D eigenvalue weighted by atomic mass is 16.5. The molecule has 0 fully saturated rings. The number of allylic oxidation sites excluding steroid dienone is 3. The zero-order valence-electron chi connectivity index (χ0n) is 17.3. The Hall–Kier alpha value is -3.85. The topological polar surface area (TPSA) is 91.7 Å². The van der Waals surface area contributed by atoms with Crippen molar-refractivity contribution < 1.29 is 9.53 Å². The molecule has 0 unspecified atom stereocenters. The van der Waals surface area contributed by atoms with Crippen molar-refractivity contribution >= 4 is 17.3 Å². The van der Waals surface area contributed by atoms with Gasteiger partial charge in [-0.25, -0.2) is 4.99 Å². The highest BCUT2D eigenvalue weighted by Gasteiger charge is 2.43. The van der Waals surface area contributed by atoms with Crippen molar-refractivity contribution in [2.24, 2.45) is 10.7 Å². The van der Waals surface area contributed by atoms with Crippen LogP contribution in [-0.2, 0) is 4.79 Å². The van der Waals surface area contributed by atoms with Crippen LogP contribution in [0.5, 0.6) is 5.75 Å². The number of carbonyl (C=O) groups excluding carboxylic acids is 1. The maximum Gasteiger partial charge on any atom is 0.161 e. The van der Waals surface area contributed by atoms with Crippen LogP contribution in [0.2, 0.25) is 0 Å². The van der Waals surface area contributed by atoms with Gasteiger partial charge in [-0.15, -0.1) is 0 Å². The zero-order valence-corrected chi connectivity index (χ0v) is 17.3. The first-order chi connectivity index (χ1) is 15.2. The predicted molar refractivity (Wildman–Crippen MR) is 119 cm³/mol. The lowest BCUT2D eigenvalue weighted by molar-refractivity contribution is -0.116. The number of ether oxygens (including phenoxy) is 1. The molecule has 2 N–H and O–H groups in total. The van der Waals surface area contributed by atoms with Crippen molar-refractivity contribution in [1.29, 1.82) is 5.26 Å². The summed E-state index contributed by atoms with van der Waals surface area (Å²) >= 11 is 0. The number of nitrogens with two attached hydrogens (primary N) is 1. The number of Topliss-reactive ketones (excluding diaryl/α,β-unsaturated/α-hetero) is 1. The van der Waals surface area contributed by atoms with Crippen molar-refractivity contribution in [1.82, 2.24) is 0 Å². The second-order valence-corrected chi connectivity index (χ2v) is 7.74. The summed E-state index contributed by atoms with van der Waals surface area (Å²) < 4.78 is 5.87. The third kappa shape index (κ3) is 2.85. The molecule has 5 rings (SSSR count). The number of hydrogen-bond acceptors (Lipinski definition) is 6. The number of aliphatic imine (C=N–C) groups is 1. The normalized spacial score (nSPS) is 19.9. The van der Waals surface area contributed by atoms with E-state index in [1.54, 1.807) is 0 Å². The number of rotatable bonds is 3. The summed E-state index contributed by atoms with van der Waals surface area (Å²) in [5, 5.41) is 10.3. The summed E-state index contributed by atoms with van der Waals surface area (Å²) in [6.45, 7) is 2.41. The number of amidine groups is 1. The quantitative estimate of drug-likeness (QED) is 0.821. The SMILES string of the molecule is CCOc1ccccc1[C@H]1C(C#N)=C2N=C(N)c3ccccc3N2C2=C1C(=O)CCC2. The molecule has 3 aliphatic rings. The average molecular weight is 410 g/mol. The van der Waals surface area contributed by atoms with Gasteiger partial charge in [-0.05, 0) is 38.0 Å². The zero-order chi connectivity index (χ0) is 21.5. The van der Waals surface area contributed by atoms with Gasteiger partial charge in [0.25, 0.3) is 0 Å². The van der Waals surface area contributed by atoms with E-state index in [4.69, 9.17) is 10.5 Å². The van der Waals surface area contributed by atoms with E-state index in [0.717, 1.165) is 35.4 Å². The second kappa shape index (κ2) is 7.44. The first-order valence-electron chi connectivity index (χ1n) is 10.5. The molecule has 154 valence electrons. The largest absolute Gasteiger partial charge is 0.494 e. The van der Waals surface area contributed by atoms with Gasteiger partial charge in [0.2, 0.25) is 0 Å². The van der Waals surface area contributed by atoms with E-state index < -0.39 is 5.92 Å². The van der Waals surface area contributed by atoms with Crippen LogP contribution in [0.4, 0.5) is 5.69 Å². The van der Waals surface area contributed by atoms with Gasteiger partial charge >= 0.3 is 0 Å². The first-order valence-corrected chi connectivity index (χ1v) is 10.5. The van der Waals surface area contributed by atoms with Crippen LogP contribution >= 0.6 is 0 Å². The predicted octanol–water partition coefficient (Wildman–Crippen LogP) is 4.15. The molecule has 6 nitrogen and oxygen atoms in total. The van der Waals surface area contributed by atoms with Crippen LogP contribution in [0.1, 0.15) is 43.2 Å². The highest BCUT2D eigenvalue weighted by molar-refractivity contribution is 6.08. The first kappa shape index (κ1) is 19.1. The molecule has 0 bridgehead atoms. The highest BCUT2D eigenvalue weighted by Crippen LogP contribution is 2.50. The Bertz CT molecular complexity index is 1230. The maximum atomic E-state index is 13.3. The van der Waals surface area contributed by atoms with Gasteiger partial charge in [0.15, 0.2) is 11.6 Å². The number of ketones is 1. The van der Waals surface area contributed by atoms with Crippen LogP contribution in [-0.4, -0.2) is 18.2 Å². The molecule has 2 aromatic rings. The van der Waals surface area contributed by atoms with Crippen LogP contribution in [0, 0.1) is 11.3 Å². The Morgan fingerprint density at radius 3 is 2.77 bits per heavy atom. The maximum absolute atomic E-state index is 13.3. The second-order valence-electron chi connectivity index (χ2n) is 7.74. The molecule has 2 aromatic carbocycles. The smallest absolute Gasteiger partial charge is 0.161 e. The number of anilines is 1. The van der Waals surface area contributed by atoms with Crippen LogP contribution in [0.25, 0.3) is 0 Å². The van der Waals surface area contributed by atoms with E-state index in [-0.39, 0.29) is 5.78 Å². The summed E-state index contributed by atoms with van der Waals surface area (Å²) in [7, 11) is 0. The molecule has 0 amide bonds. The molecule has 2 heterocycles. The van der Waals surface area contributed by atoms with Gasteiger partial charge in [-0.3, -0.25) is 9.69 Å². The molecule has 0 radical (unpaired) electrons. The van der Waals surface area contributed by atoms with E-state index >= 15 is 0 Å². The molecule has 0 spiro atoms. The summed E-state index contributed by atoms with van der Waals surface area (Å²) in [6, 6.07) is 17.7. The number of para-hydroxylation sites is 2. The molecule has 1 aliphatic carbocycles. The van der Waals surface area contributed by atoms with Gasteiger partial charge < -0.3 is 10.5 Å².